The van der Waals surface area contributed by atoms with E-state index in [9.17, 15) is 4.39 Å². The van der Waals surface area contributed by atoms with Crippen molar-refractivity contribution in [1.82, 2.24) is 24.7 Å². The van der Waals surface area contributed by atoms with Gasteiger partial charge in [-0.25, -0.2) is 32.8 Å². The lowest BCUT2D eigenvalue weighted by Crippen LogP contribution is -2.47. The van der Waals surface area contributed by atoms with Crippen molar-refractivity contribution in [2.75, 3.05) is 0 Å². The average Bonchev–Trinajstić information content (AvgIpc) is 3.47. The molecule has 0 bridgehead atoms. The quantitative estimate of drug-likeness (QED) is 0.234. The first kappa shape index (κ1) is 25.3. The fraction of sp³-hybridized carbons (Fsp3) is 0.200. The van der Waals surface area contributed by atoms with E-state index in [0.29, 0.717) is 12.8 Å². The first-order valence-corrected chi connectivity index (χ1v) is 12.3. The normalized spacial score (nSPS) is 13.3. The number of rotatable bonds is 9. The molecule has 0 aliphatic rings. The molecular formula is C30H26F3N5. The summed E-state index contributed by atoms with van der Waals surface area (Å²) in [4.78, 5) is 12.3. The Morgan fingerprint density at radius 1 is 0.789 bits per heavy atom. The fourth-order valence-corrected chi connectivity index (χ4v) is 5.52. The number of hydrogen-bond acceptors (Lipinski definition) is 4. The third-order valence-corrected chi connectivity index (χ3v) is 7.08. The molecule has 3 aromatic carbocycles. The van der Waals surface area contributed by atoms with Crippen LogP contribution < -0.4 is 0 Å². The SMILES string of the molecule is C[C@H](c1ncncc1F)C(c1ccc(F)cc1F)C(Cc1ccccc1)(Cc1ccccc1)n1cncn1. The first-order valence-electron chi connectivity index (χ1n) is 12.3. The molecule has 0 N–H and O–H groups in total. The molecule has 0 saturated carbocycles. The van der Waals surface area contributed by atoms with Gasteiger partial charge >= 0.3 is 0 Å². The Morgan fingerprint density at radius 3 is 2.00 bits per heavy atom. The van der Waals surface area contributed by atoms with Crippen LogP contribution in [0.1, 0.15) is 41.1 Å². The van der Waals surface area contributed by atoms with E-state index in [4.69, 9.17) is 0 Å². The van der Waals surface area contributed by atoms with Crippen LogP contribution in [0.3, 0.4) is 0 Å². The molecule has 2 aromatic heterocycles. The second-order valence-electron chi connectivity index (χ2n) is 9.46. The predicted octanol–water partition coefficient (Wildman–Crippen LogP) is 6.25. The van der Waals surface area contributed by atoms with Crippen molar-refractivity contribution in [1.29, 1.82) is 0 Å². The molecule has 0 aliphatic carbocycles. The molecule has 0 aliphatic heterocycles. The van der Waals surface area contributed by atoms with E-state index >= 15 is 8.78 Å². The minimum absolute atomic E-state index is 0.138. The lowest BCUT2D eigenvalue weighted by atomic mass is 9.66. The maximum atomic E-state index is 15.7. The summed E-state index contributed by atoms with van der Waals surface area (Å²) in [5, 5.41) is 4.56. The van der Waals surface area contributed by atoms with E-state index in [0.717, 1.165) is 23.4 Å². The summed E-state index contributed by atoms with van der Waals surface area (Å²) >= 11 is 0. The monoisotopic (exact) mass is 513 g/mol. The fourth-order valence-electron chi connectivity index (χ4n) is 5.52. The zero-order valence-corrected chi connectivity index (χ0v) is 20.8. The Bertz CT molecular complexity index is 1440. The van der Waals surface area contributed by atoms with Crippen LogP contribution in [0, 0.1) is 17.5 Å². The zero-order valence-electron chi connectivity index (χ0n) is 20.8. The summed E-state index contributed by atoms with van der Waals surface area (Å²) in [5.74, 6) is -3.41. The van der Waals surface area contributed by atoms with E-state index in [1.807, 2.05) is 60.7 Å². The van der Waals surface area contributed by atoms with Gasteiger partial charge in [-0.1, -0.05) is 73.7 Å². The van der Waals surface area contributed by atoms with Gasteiger partial charge in [0.1, 0.15) is 30.6 Å². The largest absolute Gasteiger partial charge is 0.246 e. The molecule has 0 radical (unpaired) electrons. The maximum absolute atomic E-state index is 15.7. The molecule has 0 amide bonds. The smallest absolute Gasteiger partial charge is 0.163 e. The van der Waals surface area contributed by atoms with Crippen LogP contribution in [0.2, 0.25) is 0 Å². The predicted molar refractivity (Wildman–Crippen MR) is 138 cm³/mol. The van der Waals surface area contributed by atoms with Crippen LogP contribution in [-0.4, -0.2) is 24.7 Å². The third-order valence-electron chi connectivity index (χ3n) is 7.08. The van der Waals surface area contributed by atoms with Gasteiger partial charge in [0.15, 0.2) is 5.82 Å². The summed E-state index contributed by atoms with van der Waals surface area (Å²) in [6.45, 7) is 1.81. The number of aromatic nitrogens is 5. The van der Waals surface area contributed by atoms with E-state index in [1.165, 1.54) is 24.8 Å². The number of benzene rings is 3. The molecule has 2 heterocycles. The van der Waals surface area contributed by atoms with E-state index < -0.39 is 34.8 Å². The molecule has 1 unspecified atom stereocenters. The summed E-state index contributed by atoms with van der Waals surface area (Å²) in [6, 6.07) is 23.1. The Morgan fingerprint density at radius 2 is 1.45 bits per heavy atom. The van der Waals surface area contributed by atoms with Crippen molar-refractivity contribution in [3.05, 3.63) is 144 Å². The van der Waals surface area contributed by atoms with Crippen molar-refractivity contribution in [3.63, 3.8) is 0 Å². The van der Waals surface area contributed by atoms with Gasteiger partial charge in [-0.2, -0.15) is 5.10 Å². The van der Waals surface area contributed by atoms with Crippen LogP contribution in [-0.2, 0) is 18.4 Å². The second kappa shape index (κ2) is 11.0. The Balaban J connectivity index is 1.81. The zero-order chi connectivity index (χ0) is 26.5. The van der Waals surface area contributed by atoms with Gasteiger partial charge in [0.2, 0.25) is 0 Å². The van der Waals surface area contributed by atoms with Crippen molar-refractivity contribution in [2.45, 2.75) is 37.1 Å². The Hall–Kier alpha value is -4.33. The van der Waals surface area contributed by atoms with Crippen LogP contribution in [0.15, 0.2) is 104 Å². The molecule has 2 atom stereocenters. The van der Waals surface area contributed by atoms with Gasteiger partial charge in [-0.05, 0) is 35.6 Å². The molecule has 5 rings (SSSR count). The van der Waals surface area contributed by atoms with Gasteiger partial charge in [-0.15, -0.1) is 0 Å². The van der Waals surface area contributed by atoms with Crippen LogP contribution in [0.25, 0.3) is 0 Å². The van der Waals surface area contributed by atoms with Gasteiger partial charge in [0.25, 0.3) is 0 Å². The minimum atomic E-state index is -0.991. The second-order valence-corrected chi connectivity index (χ2v) is 9.46. The standard InChI is InChI=1S/C30H26F3N5/c1-21(29-27(33)17-34-18-36-29)28(25-13-12-24(31)14-26(25)32)30(38-20-35-19-37-38,15-22-8-4-2-5-9-22)16-23-10-6-3-7-11-23/h2-14,17-21,28H,15-16H2,1H3/t21-,28?/m0/s1. The molecule has 0 spiro atoms. The minimum Gasteiger partial charge on any atom is -0.246 e. The highest BCUT2D eigenvalue weighted by atomic mass is 19.1. The Kier molecular flexibility index (Phi) is 7.31. The molecule has 0 fully saturated rings. The van der Waals surface area contributed by atoms with Crippen LogP contribution in [0.4, 0.5) is 13.2 Å². The van der Waals surface area contributed by atoms with Crippen LogP contribution >= 0.6 is 0 Å². The Labute approximate surface area is 219 Å². The van der Waals surface area contributed by atoms with Crippen molar-refractivity contribution in [3.8, 4) is 0 Å². The number of nitrogens with zero attached hydrogens (tertiary/aromatic N) is 5. The summed E-state index contributed by atoms with van der Waals surface area (Å²) in [6.07, 6.45) is 6.22. The van der Waals surface area contributed by atoms with E-state index in [1.54, 1.807) is 17.9 Å². The van der Waals surface area contributed by atoms with Crippen molar-refractivity contribution < 1.29 is 13.2 Å². The maximum Gasteiger partial charge on any atom is 0.163 e. The van der Waals surface area contributed by atoms with Crippen molar-refractivity contribution >= 4 is 0 Å². The average molecular weight is 514 g/mol. The van der Waals surface area contributed by atoms with Gasteiger partial charge < -0.3 is 0 Å². The highest BCUT2D eigenvalue weighted by Crippen LogP contribution is 2.48. The molecular weight excluding hydrogens is 487 g/mol. The summed E-state index contributed by atoms with van der Waals surface area (Å²) in [5.41, 5.74) is 1.33. The van der Waals surface area contributed by atoms with E-state index in [-0.39, 0.29) is 11.3 Å². The molecule has 5 aromatic rings. The highest BCUT2D eigenvalue weighted by molar-refractivity contribution is 5.34. The lowest BCUT2D eigenvalue weighted by Gasteiger charge is -2.44. The van der Waals surface area contributed by atoms with E-state index in [2.05, 4.69) is 20.1 Å². The van der Waals surface area contributed by atoms with Crippen LogP contribution in [0.5, 0.6) is 0 Å². The summed E-state index contributed by atoms with van der Waals surface area (Å²) in [7, 11) is 0. The summed E-state index contributed by atoms with van der Waals surface area (Å²) < 4.78 is 46.7. The highest BCUT2D eigenvalue weighted by Gasteiger charge is 2.47. The number of hydrogen-bond donors (Lipinski definition) is 0. The molecule has 0 saturated heterocycles. The molecule has 5 nitrogen and oxygen atoms in total. The van der Waals surface area contributed by atoms with Gasteiger partial charge in [-0.3, -0.25) is 0 Å². The molecule has 38 heavy (non-hydrogen) atoms. The van der Waals surface area contributed by atoms with Gasteiger partial charge in [0.05, 0.1) is 17.4 Å². The first-order chi connectivity index (χ1) is 18.5. The lowest BCUT2D eigenvalue weighted by molar-refractivity contribution is 0.170. The molecule has 8 heteroatoms. The van der Waals surface area contributed by atoms with Gasteiger partial charge in [0, 0.05) is 17.9 Å². The topological polar surface area (TPSA) is 56.5 Å². The third kappa shape index (κ3) is 5.07. The molecule has 192 valence electrons. The van der Waals surface area contributed by atoms with Crippen molar-refractivity contribution in [2.24, 2.45) is 0 Å². The number of halogens is 3.